The lowest BCUT2D eigenvalue weighted by molar-refractivity contribution is -0.00684. The van der Waals surface area contributed by atoms with Crippen LogP contribution >= 0.6 is 0 Å². The highest BCUT2D eigenvalue weighted by molar-refractivity contribution is 5.79. The van der Waals surface area contributed by atoms with E-state index in [1.165, 1.54) is 0 Å². The first-order valence-corrected chi connectivity index (χ1v) is 9.49. The van der Waals surface area contributed by atoms with Crippen molar-refractivity contribution >= 4 is 5.96 Å². The average Bonchev–Trinajstić information content (AvgIpc) is 3.14. The predicted octanol–water partition coefficient (Wildman–Crippen LogP) is 1.55. The summed E-state index contributed by atoms with van der Waals surface area (Å²) in [5.41, 5.74) is 0.00803. The molecule has 1 aromatic rings. The van der Waals surface area contributed by atoms with E-state index in [2.05, 4.69) is 55.3 Å². The Hall–Kier alpha value is -1.57. The number of ether oxygens (including phenoxy) is 1. The summed E-state index contributed by atoms with van der Waals surface area (Å²) in [6, 6.07) is 4.09. The van der Waals surface area contributed by atoms with E-state index in [4.69, 9.17) is 14.1 Å². The maximum atomic E-state index is 5.58. The van der Waals surface area contributed by atoms with E-state index in [1.807, 2.05) is 12.1 Å². The van der Waals surface area contributed by atoms with Gasteiger partial charge in [-0.2, -0.15) is 0 Å². The Morgan fingerprint density at radius 2 is 2.04 bits per heavy atom. The number of hydrogen-bond acceptors (Lipinski definition) is 5. The van der Waals surface area contributed by atoms with Crippen LogP contribution in [-0.2, 0) is 4.74 Å². The summed E-state index contributed by atoms with van der Waals surface area (Å²) in [4.78, 5) is 9.44. The zero-order valence-electron chi connectivity index (χ0n) is 16.9. The standard InChI is InChI=1S/C19H35N5O2/c1-6-20-18(21-14-16(23(4)5)17-8-7-11-26-17)22-15-19(2,3)24-9-12-25-13-10-24/h7-8,11,16H,6,9-10,12-15H2,1-5H3,(H2,20,21,22). The van der Waals surface area contributed by atoms with Crippen molar-refractivity contribution < 1.29 is 9.15 Å². The van der Waals surface area contributed by atoms with Crippen LogP contribution in [0.2, 0.25) is 0 Å². The molecule has 0 bridgehead atoms. The lowest BCUT2D eigenvalue weighted by Crippen LogP contribution is -2.52. The summed E-state index contributed by atoms with van der Waals surface area (Å²) in [5, 5.41) is 6.80. The Morgan fingerprint density at radius 3 is 2.62 bits per heavy atom. The minimum Gasteiger partial charge on any atom is -0.468 e. The molecule has 1 aromatic heterocycles. The number of nitrogens with zero attached hydrogens (tertiary/aromatic N) is 3. The molecule has 2 N–H and O–H groups in total. The molecule has 26 heavy (non-hydrogen) atoms. The van der Waals surface area contributed by atoms with Gasteiger partial charge in [0.05, 0.1) is 32.1 Å². The minimum absolute atomic E-state index is 0.00803. The molecule has 0 saturated carbocycles. The third kappa shape index (κ3) is 6.00. The quantitative estimate of drug-likeness (QED) is 0.538. The third-order valence-electron chi connectivity index (χ3n) is 4.79. The van der Waals surface area contributed by atoms with E-state index < -0.39 is 0 Å². The van der Waals surface area contributed by atoms with Gasteiger partial charge in [0.1, 0.15) is 5.76 Å². The maximum absolute atomic E-state index is 5.58. The van der Waals surface area contributed by atoms with E-state index in [9.17, 15) is 0 Å². The van der Waals surface area contributed by atoms with Crippen LogP contribution in [0.1, 0.15) is 32.6 Å². The zero-order valence-corrected chi connectivity index (χ0v) is 16.9. The van der Waals surface area contributed by atoms with Crippen LogP contribution < -0.4 is 10.6 Å². The first-order valence-electron chi connectivity index (χ1n) is 9.49. The molecule has 7 nitrogen and oxygen atoms in total. The largest absolute Gasteiger partial charge is 0.468 e. The van der Waals surface area contributed by atoms with Crippen molar-refractivity contribution in [2.75, 3.05) is 60.0 Å². The molecule has 7 heteroatoms. The summed E-state index contributed by atoms with van der Waals surface area (Å²) in [6.07, 6.45) is 1.72. The van der Waals surface area contributed by atoms with Gasteiger partial charge in [0.2, 0.25) is 0 Å². The lowest BCUT2D eigenvalue weighted by atomic mass is 10.0. The fourth-order valence-electron chi connectivity index (χ4n) is 3.09. The van der Waals surface area contributed by atoms with E-state index in [0.717, 1.165) is 57.7 Å². The SMILES string of the molecule is CCNC(=NCC(C)(C)N1CCOCC1)NCC(c1ccco1)N(C)C. The second kappa shape index (κ2) is 9.94. The number of aliphatic imine (C=N–C) groups is 1. The zero-order chi connectivity index (χ0) is 19.0. The van der Waals surface area contributed by atoms with Crippen molar-refractivity contribution in [2.45, 2.75) is 32.4 Å². The number of rotatable bonds is 8. The Balaban J connectivity index is 1.96. The normalized spacial score (nSPS) is 18.2. The fraction of sp³-hybridized carbons (Fsp3) is 0.737. The molecule has 0 aromatic carbocycles. The summed E-state index contributed by atoms with van der Waals surface area (Å²) in [5.74, 6) is 1.79. The van der Waals surface area contributed by atoms with Crippen LogP contribution in [0.15, 0.2) is 27.8 Å². The van der Waals surface area contributed by atoms with Crippen LogP contribution in [0.25, 0.3) is 0 Å². The minimum atomic E-state index is 0.00803. The molecule has 1 saturated heterocycles. The highest BCUT2D eigenvalue weighted by Gasteiger charge is 2.28. The van der Waals surface area contributed by atoms with Gasteiger partial charge in [0.15, 0.2) is 5.96 Å². The number of morpholine rings is 1. The summed E-state index contributed by atoms with van der Waals surface area (Å²) in [7, 11) is 4.11. The van der Waals surface area contributed by atoms with E-state index in [0.29, 0.717) is 0 Å². The van der Waals surface area contributed by atoms with Gasteiger partial charge < -0.3 is 19.8 Å². The Morgan fingerprint density at radius 1 is 1.31 bits per heavy atom. The Kier molecular flexibility index (Phi) is 7.93. The van der Waals surface area contributed by atoms with Gasteiger partial charge in [-0.05, 0) is 47.0 Å². The average molecular weight is 366 g/mol. The topological polar surface area (TPSA) is 65.3 Å². The maximum Gasteiger partial charge on any atom is 0.191 e. The van der Waals surface area contributed by atoms with E-state index >= 15 is 0 Å². The van der Waals surface area contributed by atoms with E-state index in [-0.39, 0.29) is 11.6 Å². The van der Waals surface area contributed by atoms with Gasteiger partial charge in [-0.25, -0.2) is 0 Å². The first kappa shape index (κ1) is 20.7. The smallest absolute Gasteiger partial charge is 0.191 e. The molecule has 2 rings (SSSR count). The molecule has 0 radical (unpaired) electrons. The Bertz CT molecular complexity index is 536. The summed E-state index contributed by atoms with van der Waals surface area (Å²) < 4.78 is 11.0. The van der Waals surface area contributed by atoms with Crippen LogP contribution in [0, 0.1) is 0 Å². The molecule has 1 unspecified atom stereocenters. The molecule has 1 atom stereocenters. The second-order valence-electron chi connectivity index (χ2n) is 7.48. The van der Waals surface area contributed by atoms with Gasteiger partial charge >= 0.3 is 0 Å². The monoisotopic (exact) mass is 365 g/mol. The van der Waals surface area contributed by atoms with Crippen molar-refractivity contribution in [2.24, 2.45) is 4.99 Å². The first-order chi connectivity index (χ1) is 12.4. The fourth-order valence-corrected chi connectivity index (χ4v) is 3.09. The highest BCUT2D eigenvalue weighted by Crippen LogP contribution is 2.18. The van der Waals surface area contributed by atoms with Crippen molar-refractivity contribution in [3.8, 4) is 0 Å². The van der Waals surface area contributed by atoms with Crippen LogP contribution in [-0.4, -0.2) is 81.3 Å². The van der Waals surface area contributed by atoms with Crippen molar-refractivity contribution in [3.63, 3.8) is 0 Å². The molecular weight excluding hydrogens is 330 g/mol. The van der Waals surface area contributed by atoms with Crippen LogP contribution in [0.3, 0.4) is 0 Å². The predicted molar refractivity (Wildman–Crippen MR) is 106 cm³/mol. The molecule has 1 aliphatic rings. The van der Waals surface area contributed by atoms with Crippen LogP contribution in [0.5, 0.6) is 0 Å². The molecule has 0 aliphatic carbocycles. The second-order valence-corrected chi connectivity index (χ2v) is 7.48. The van der Waals surface area contributed by atoms with Crippen molar-refractivity contribution in [1.29, 1.82) is 0 Å². The number of guanidine groups is 1. The molecule has 1 fully saturated rings. The molecule has 148 valence electrons. The molecule has 0 amide bonds. The van der Waals surface area contributed by atoms with Gasteiger partial charge in [-0.3, -0.25) is 14.8 Å². The van der Waals surface area contributed by atoms with Crippen molar-refractivity contribution in [3.05, 3.63) is 24.2 Å². The number of furan rings is 1. The number of nitrogens with one attached hydrogen (secondary N) is 2. The molecule has 0 spiro atoms. The number of likely N-dealkylation sites (N-methyl/N-ethyl adjacent to an activating group) is 1. The van der Waals surface area contributed by atoms with E-state index in [1.54, 1.807) is 6.26 Å². The highest BCUT2D eigenvalue weighted by atomic mass is 16.5. The van der Waals surface area contributed by atoms with Gasteiger partial charge in [0.25, 0.3) is 0 Å². The van der Waals surface area contributed by atoms with Gasteiger partial charge in [-0.15, -0.1) is 0 Å². The summed E-state index contributed by atoms with van der Waals surface area (Å²) in [6.45, 7) is 12.4. The van der Waals surface area contributed by atoms with Gasteiger partial charge in [-0.1, -0.05) is 0 Å². The molecule has 2 heterocycles. The van der Waals surface area contributed by atoms with Crippen LogP contribution in [0.4, 0.5) is 0 Å². The lowest BCUT2D eigenvalue weighted by Gasteiger charge is -2.40. The molecular formula is C19H35N5O2. The number of hydrogen-bond donors (Lipinski definition) is 2. The summed E-state index contributed by atoms with van der Waals surface area (Å²) >= 11 is 0. The van der Waals surface area contributed by atoms with Crippen molar-refractivity contribution in [1.82, 2.24) is 20.4 Å². The Labute approximate surface area is 157 Å². The molecule has 1 aliphatic heterocycles. The third-order valence-corrected chi connectivity index (χ3v) is 4.79. The van der Waals surface area contributed by atoms with Gasteiger partial charge in [0, 0.05) is 31.7 Å².